The smallest absolute Gasteiger partial charge is 0.291 e. The maximum Gasteiger partial charge on any atom is 0.291 e. The molecule has 0 aliphatic carbocycles. The maximum atomic E-state index is 11.7. The molecule has 6 heteroatoms. The molecule has 0 saturated carbocycles. The molecule has 0 radical (unpaired) electrons. The molecular weight excluding hydrogens is 248 g/mol. The van der Waals surface area contributed by atoms with Crippen LogP contribution in [-0.2, 0) is 0 Å². The Hall–Kier alpha value is -1.82. The van der Waals surface area contributed by atoms with Crippen LogP contribution in [0.5, 0.6) is 5.75 Å². The molecule has 1 aromatic heterocycles. The van der Waals surface area contributed by atoms with Gasteiger partial charge in [0.2, 0.25) is 16.9 Å². The quantitative estimate of drug-likeness (QED) is 0.713. The molecule has 6 nitrogen and oxygen atoms in total. The van der Waals surface area contributed by atoms with E-state index >= 15 is 0 Å². The van der Waals surface area contributed by atoms with Crippen molar-refractivity contribution < 1.29 is 14.3 Å². The highest BCUT2D eigenvalue weighted by Crippen LogP contribution is 2.15. The van der Waals surface area contributed by atoms with Crippen LogP contribution < -0.4 is 16.5 Å². The summed E-state index contributed by atoms with van der Waals surface area (Å²) in [6.07, 6.45) is 3.31. The highest BCUT2D eigenvalue weighted by molar-refractivity contribution is 5.93. The minimum absolute atomic E-state index is 0.313. The van der Waals surface area contributed by atoms with Crippen LogP contribution in [0.15, 0.2) is 21.5 Å². The highest BCUT2D eigenvalue weighted by Gasteiger charge is 2.21. The molecule has 0 unspecified atom stereocenters. The van der Waals surface area contributed by atoms with E-state index in [9.17, 15) is 14.7 Å². The summed E-state index contributed by atoms with van der Waals surface area (Å²) in [5, 5.41) is 12.0. The number of hydrogen-bond acceptors (Lipinski definition) is 5. The van der Waals surface area contributed by atoms with Crippen LogP contribution in [0.1, 0.15) is 43.7 Å². The van der Waals surface area contributed by atoms with Gasteiger partial charge in [0.1, 0.15) is 0 Å². The molecule has 4 N–H and O–H groups in total. The number of carbonyl (C=O) groups is 1. The van der Waals surface area contributed by atoms with Gasteiger partial charge in [0.05, 0.1) is 6.26 Å². The van der Waals surface area contributed by atoms with Gasteiger partial charge in [-0.25, -0.2) is 0 Å². The van der Waals surface area contributed by atoms with Crippen LogP contribution in [0.4, 0.5) is 0 Å². The van der Waals surface area contributed by atoms with Gasteiger partial charge in [-0.1, -0.05) is 13.8 Å². The van der Waals surface area contributed by atoms with E-state index in [4.69, 9.17) is 10.2 Å². The number of carbonyl (C=O) groups excluding carboxylic acids is 1. The van der Waals surface area contributed by atoms with Crippen molar-refractivity contribution in [2.75, 3.05) is 6.54 Å². The molecular formula is C13H20N2O4. The number of nitrogens with two attached hydrogens (primary N) is 1. The molecule has 1 aromatic rings. The first-order valence-electron chi connectivity index (χ1n) is 6.31. The number of rotatable bonds is 6. The van der Waals surface area contributed by atoms with Crippen molar-refractivity contribution in [1.82, 2.24) is 5.32 Å². The van der Waals surface area contributed by atoms with E-state index in [0.717, 1.165) is 25.2 Å². The second-order valence-corrected chi connectivity index (χ2v) is 4.54. The summed E-state index contributed by atoms with van der Waals surface area (Å²) in [4.78, 5) is 22.9. The van der Waals surface area contributed by atoms with Crippen LogP contribution in [-0.4, -0.2) is 23.1 Å². The van der Waals surface area contributed by atoms with E-state index in [1.165, 1.54) is 0 Å². The fourth-order valence-corrected chi connectivity index (χ4v) is 1.68. The third kappa shape index (κ3) is 3.82. The Bertz CT molecular complexity index is 492. The first kappa shape index (κ1) is 15.2. The lowest BCUT2D eigenvalue weighted by Crippen LogP contribution is -2.42. The van der Waals surface area contributed by atoms with Crippen molar-refractivity contribution in [3.8, 4) is 5.75 Å². The molecule has 19 heavy (non-hydrogen) atoms. The van der Waals surface area contributed by atoms with E-state index in [0.29, 0.717) is 13.0 Å². The number of amides is 1. The Morgan fingerprint density at radius 3 is 2.68 bits per heavy atom. The van der Waals surface area contributed by atoms with E-state index in [2.05, 4.69) is 5.32 Å². The molecule has 0 saturated heterocycles. The van der Waals surface area contributed by atoms with Crippen molar-refractivity contribution in [1.29, 1.82) is 0 Å². The van der Waals surface area contributed by atoms with E-state index in [1.54, 1.807) is 0 Å². The molecule has 1 amide bonds. The first-order valence-corrected chi connectivity index (χ1v) is 6.31. The predicted octanol–water partition coefficient (Wildman–Crippen LogP) is 0.983. The standard InChI is InChI=1S/C13H20N2O4/c1-3-13(14,4-2)6-7-15-12(18)11-10(17)9(16)5-8-19-11/h5,8,17H,3-4,6-7,14H2,1-2H3,(H,15,18). The molecule has 0 aliphatic heterocycles. The molecule has 0 spiro atoms. The molecule has 1 heterocycles. The zero-order valence-electron chi connectivity index (χ0n) is 11.2. The minimum atomic E-state index is -0.676. The molecule has 0 aromatic carbocycles. The normalized spacial score (nSPS) is 11.3. The second kappa shape index (κ2) is 6.38. The molecule has 1 rings (SSSR count). The van der Waals surface area contributed by atoms with Crippen molar-refractivity contribution >= 4 is 5.91 Å². The lowest BCUT2D eigenvalue weighted by atomic mass is 9.90. The van der Waals surface area contributed by atoms with Crippen LogP contribution in [0.25, 0.3) is 0 Å². The van der Waals surface area contributed by atoms with Crippen molar-refractivity contribution in [2.24, 2.45) is 5.73 Å². The topological polar surface area (TPSA) is 106 Å². The van der Waals surface area contributed by atoms with Gasteiger partial charge in [0.25, 0.3) is 5.91 Å². The van der Waals surface area contributed by atoms with Gasteiger partial charge in [-0.2, -0.15) is 0 Å². The zero-order chi connectivity index (χ0) is 14.5. The second-order valence-electron chi connectivity index (χ2n) is 4.54. The summed E-state index contributed by atoms with van der Waals surface area (Å²) in [6, 6.07) is 1.05. The van der Waals surface area contributed by atoms with Crippen LogP contribution >= 0.6 is 0 Å². The fraction of sp³-hybridized carbons (Fsp3) is 0.538. The maximum absolute atomic E-state index is 11.7. The van der Waals surface area contributed by atoms with Crippen LogP contribution in [0.2, 0.25) is 0 Å². The largest absolute Gasteiger partial charge is 0.501 e. The van der Waals surface area contributed by atoms with E-state index in [-0.39, 0.29) is 11.3 Å². The van der Waals surface area contributed by atoms with Crippen LogP contribution in [0, 0.1) is 0 Å². The van der Waals surface area contributed by atoms with Gasteiger partial charge < -0.3 is 20.6 Å². The monoisotopic (exact) mass is 268 g/mol. The lowest BCUT2D eigenvalue weighted by Gasteiger charge is -2.26. The van der Waals surface area contributed by atoms with E-state index < -0.39 is 17.1 Å². The van der Waals surface area contributed by atoms with E-state index in [1.807, 2.05) is 13.8 Å². The summed E-state index contributed by atoms with van der Waals surface area (Å²) >= 11 is 0. The number of nitrogens with one attached hydrogen (secondary N) is 1. The average molecular weight is 268 g/mol. The van der Waals surface area contributed by atoms with Gasteiger partial charge in [0, 0.05) is 18.2 Å². The Balaban J connectivity index is 2.62. The van der Waals surface area contributed by atoms with Gasteiger partial charge in [-0.05, 0) is 19.3 Å². The Kier molecular flexibility index (Phi) is 5.11. The third-order valence-electron chi connectivity index (χ3n) is 3.38. The SMILES string of the molecule is CCC(N)(CC)CCNC(=O)c1occc(=O)c1O. The zero-order valence-corrected chi connectivity index (χ0v) is 11.2. The third-order valence-corrected chi connectivity index (χ3v) is 3.38. The van der Waals surface area contributed by atoms with Gasteiger partial charge in [-0.15, -0.1) is 0 Å². The molecule has 106 valence electrons. The summed E-state index contributed by atoms with van der Waals surface area (Å²) in [7, 11) is 0. The molecule has 0 fully saturated rings. The van der Waals surface area contributed by atoms with Crippen molar-refractivity contribution in [3.05, 3.63) is 28.3 Å². The minimum Gasteiger partial charge on any atom is -0.501 e. The van der Waals surface area contributed by atoms with Crippen molar-refractivity contribution in [2.45, 2.75) is 38.6 Å². The summed E-state index contributed by atoms with van der Waals surface area (Å²) < 4.78 is 4.84. The highest BCUT2D eigenvalue weighted by atomic mass is 16.4. The fourth-order valence-electron chi connectivity index (χ4n) is 1.68. The molecule has 0 bridgehead atoms. The summed E-state index contributed by atoms with van der Waals surface area (Å²) in [5.74, 6) is -1.67. The van der Waals surface area contributed by atoms with Gasteiger partial charge in [0.15, 0.2) is 0 Å². The Morgan fingerprint density at radius 2 is 2.11 bits per heavy atom. The molecule has 0 aliphatic rings. The lowest BCUT2D eigenvalue weighted by molar-refractivity contribution is 0.0915. The Labute approximate surface area is 111 Å². The first-order chi connectivity index (χ1) is 8.93. The number of aromatic hydroxyl groups is 1. The average Bonchev–Trinajstić information content (AvgIpc) is 2.41. The molecule has 0 atom stereocenters. The van der Waals surface area contributed by atoms with Gasteiger partial charge >= 0.3 is 0 Å². The van der Waals surface area contributed by atoms with Crippen LogP contribution in [0.3, 0.4) is 0 Å². The van der Waals surface area contributed by atoms with Crippen molar-refractivity contribution in [3.63, 3.8) is 0 Å². The Morgan fingerprint density at radius 1 is 1.47 bits per heavy atom. The summed E-state index contributed by atoms with van der Waals surface area (Å²) in [6.45, 7) is 4.34. The summed E-state index contributed by atoms with van der Waals surface area (Å²) in [5.41, 5.74) is 5.14. The predicted molar refractivity (Wildman–Crippen MR) is 71.1 cm³/mol. The van der Waals surface area contributed by atoms with Gasteiger partial charge in [-0.3, -0.25) is 9.59 Å². The number of hydrogen-bond donors (Lipinski definition) is 3.